The summed E-state index contributed by atoms with van der Waals surface area (Å²) in [4.78, 5) is 11.3. The van der Waals surface area contributed by atoms with Gasteiger partial charge >= 0.3 is 7.12 Å². The molecule has 1 aliphatic rings. The number of carbonyl (C=O) groups excluding carboxylic acids is 1. The van der Waals surface area contributed by atoms with Gasteiger partial charge in [0.05, 0.1) is 16.9 Å². The van der Waals surface area contributed by atoms with Crippen LogP contribution in [0.25, 0.3) is 6.08 Å². The molecule has 1 fully saturated rings. The molecule has 0 radical (unpaired) electrons. The van der Waals surface area contributed by atoms with Crippen LogP contribution in [0.4, 0.5) is 10.1 Å². The summed E-state index contributed by atoms with van der Waals surface area (Å²) in [5, 5.41) is 2.94. The summed E-state index contributed by atoms with van der Waals surface area (Å²) in [5.41, 5.74) is 5.72. The van der Waals surface area contributed by atoms with E-state index in [1.54, 1.807) is 12.1 Å². The van der Waals surface area contributed by atoms with Gasteiger partial charge in [-0.05, 0) is 45.3 Å². The molecular formula is C17H23BClFN2O3. The lowest BCUT2D eigenvalue weighted by atomic mass is 9.76. The van der Waals surface area contributed by atoms with Crippen LogP contribution in [0.15, 0.2) is 17.6 Å². The standard InChI is InChI=1S/C17H23BClFN2O3/c1-10(23)22-9-12(18-24-16(2,3)17(4,5)25-18)6-11-7-13(19)8-14(20)15(11)21/h6-8H,9,21H2,1-5H3,(H,22,23). The van der Waals surface area contributed by atoms with E-state index in [-0.39, 0.29) is 23.2 Å². The van der Waals surface area contributed by atoms with Crippen molar-refractivity contribution in [2.45, 2.75) is 45.8 Å². The topological polar surface area (TPSA) is 73.6 Å². The number of anilines is 1. The zero-order chi connectivity index (χ0) is 19.0. The Labute approximate surface area is 152 Å². The highest BCUT2D eigenvalue weighted by molar-refractivity contribution is 6.56. The minimum absolute atomic E-state index is 0.0266. The van der Waals surface area contributed by atoms with E-state index < -0.39 is 24.1 Å². The number of nitrogens with one attached hydrogen (secondary N) is 1. The van der Waals surface area contributed by atoms with Crippen LogP contribution in [-0.2, 0) is 14.1 Å². The molecule has 1 aliphatic heterocycles. The second-order valence-electron chi connectivity index (χ2n) is 7.11. The average molecular weight is 369 g/mol. The van der Waals surface area contributed by atoms with E-state index in [9.17, 15) is 9.18 Å². The molecular weight excluding hydrogens is 345 g/mol. The first-order chi connectivity index (χ1) is 11.4. The molecule has 0 aliphatic carbocycles. The van der Waals surface area contributed by atoms with E-state index in [1.807, 2.05) is 27.7 Å². The molecule has 1 aromatic carbocycles. The number of amides is 1. The van der Waals surface area contributed by atoms with Crippen LogP contribution in [0.2, 0.25) is 5.02 Å². The Morgan fingerprint density at radius 1 is 1.32 bits per heavy atom. The van der Waals surface area contributed by atoms with Crippen molar-refractivity contribution in [3.05, 3.63) is 34.0 Å². The fourth-order valence-electron chi connectivity index (χ4n) is 2.35. The van der Waals surface area contributed by atoms with Crippen LogP contribution in [0, 0.1) is 5.82 Å². The van der Waals surface area contributed by atoms with Crippen LogP contribution in [-0.4, -0.2) is 30.8 Å². The summed E-state index contributed by atoms with van der Waals surface area (Å²) in [6, 6.07) is 2.70. The molecule has 1 heterocycles. The molecule has 3 N–H and O–H groups in total. The third kappa shape index (κ3) is 4.34. The Bertz CT molecular complexity index is 706. The van der Waals surface area contributed by atoms with E-state index in [0.717, 1.165) is 6.07 Å². The van der Waals surface area contributed by atoms with Crippen molar-refractivity contribution in [2.75, 3.05) is 12.3 Å². The lowest BCUT2D eigenvalue weighted by molar-refractivity contribution is -0.118. The quantitative estimate of drug-likeness (QED) is 0.632. The molecule has 136 valence electrons. The van der Waals surface area contributed by atoms with Gasteiger partial charge in [-0.3, -0.25) is 4.79 Å². The Morgan fingerprint density at radius 3 is 2.40 bits per heavy atom. The minimum atomic E-state index is -0.696. The SMILES string of the molecule is CC(=O)NCC(=Cc1cc(Cl)cc(F)c1N)B1OC(C)(C)C(C)(C)O1. The Balaban J connectivity index is 2.42. The first kappa shape index (κ1) is 19.8. The zero-order valence-electron chi connectivity index (χ0n) is 15.1. The zero-order valence-corrected chi connectivity index (χ0v) is 15.8. The van der Waals surface area contributed by atoms with Gasteiger partial charge in [-0.25, -0.2) is 4.39 Å². The Kier molecular flexibility index (Phi) is 5.51. The third-order valence-corrected chi connectivity index (χ3v) is 4.78. The van der Waals surface area contributed by atoms with Crippen LogP contribution < -0.4 is 11.1 Å². The maximum absolute atomic E-state index is 13.9. The fourth-order valence-corrected chi connectivity index (χ4v) is 2.56. The number of carbonyl (C=O) groups is 1. The van der Waals surface area contributed by atoms with Gasteiger partial charge in [0.25, 0.3) is 0 Å². The molecule has 0 bridgehead atoms. The molecule has 0 aromatic heterocycles. The lowest BCUT2D eigenvalue weighted by Crippen LogP contribution is -2.41. The molecule has 0 saturated carbocycles. The first-order valence-electron chi connectivity index (χ1n) is 7.98. The summed E-state index contributed by atoms with van der Waals surface area (Å²) in [6.45, 7) is 9.30. The maximum atomic E-state index is 13.9. The number of benzene rings is 1. The second-order valence-corrected chi connectivity index (χ2v) is 7.54. The van der Waals surface area contributed by atoms with Gasteiger partial charge in [0.2, 0.25) is 5.91 Å². The molecule has 25 heavy (non-hydrogen) atoms. The minimum Gasteiger partial charge on any atom is -0.400 e. The van der Waals surface area contributed by atoms with Crippen molar-refractivity contribution in [1.29, 1.82) is 0 Å². The molecule has 1 amide bonds. The van der Waals surface area contributed by atoms with E-state index in [1.165, 1.54) is 6.92 Å². The number of hydrogen-bond donors (Lipinski definition) is 2. The van der Waals surface area contributed by atoms with Crippen LogP contribution >= 0.6 is 11.6 Å². The fraction of sp³-hybridized carbons (Fsp3) is 0.471. The number of hydrogen-bond acceptors (Lipinski definition) is 4. The highest BCUT2D eigenvalue weighted by atomic mass is 35.5. The van der Waals surface area contributed by atoms with Crippen molar-refractivity contribution in [1.82, 2.24) is 5.32 Å². The van der Waals surface area contributed by atoms with E-state index in [4.69, 9.17) is 26.6 Å². The third-order valence-electron chi connectivity index (χ3n) is 4.56. The van der Waals surface area contributed by atoms with Gasteiger partial charge in [-0.15, -0.1) is 0 Å². The van der Waals surface area contributed by atoms with Crippen LogP contribution in [0.1, 0.15) is 40.2 Å². The normalized spacial score (nSPS) is 19.2. The molecule has 2 rings (SSSR count). The molecule has 5 nitrogen and oxygen atoms in total. The molecule has 1 saturated heterocycles. The van der Waals surface area contributed by atoms with Gasteiger partial charge < -0.3 is 20.4 Å². The van der Waals surface area contributed by atoms with Crippen LogP contribution in [0.3, 0.4) is 0 Å². The van der Waals surface area contributed by atoms with Crippen molar-refractivity contribution in [3.8, 4) is 0 Å². The molecule has 0 atom stereocenters. The molecule has 8 heteroatoms. The van der Waals surface area contributed by atoms with Crippen LogP contribution in [0.5, 0.6) is 0 Å². The van der Waals surface area contributed by atoms with Crippen molar-refractivity contribution >= 4 is 36.4 Å². The van der Waals surface area contributed by atoms with E-state index >= 15 is 0 Å². The van der Waals surface area contributed by atoms with Gasteiger partial charge in [0.1, 0.15) is 5.82 Å². The maximum Gasteiger partial charge on any atom is 0.492 e. The Hall–Kier alpha value is -1.57. The monoisotopic (exact) mass is 368 g/mol. The summed E-state index contributed by atoms with van der Waals surface area (Å²) < 4.78 is 25.9. The first-order valence-corrected chi connectivity index (χ1v) is 8.36. The lowest BCUT2D eigenvalue weighted by Gasteiger charge is -2.32. The Morgan fingerprint density at radius 2 is 1.88 bits per heavy atom. The molecule has 0 unspecified atom stereocenters. The molecule has 1 aromatic rings. The summed E-state index contributed by atoms with van der Waals surface area (Å²) in [7, 11) is -0.696. The second kappa shape index (κ2) is 6.98. The summed E-state index contributed by atoms with van der Waals surface area (Å²) in [5.74, 6) is -0.806. The van der Waals surface area contributed by atoms with Crippen molar-refractivity contribution < 1.29 is 18.5 Å². The summed E-state index contributed by atoms with van der Waals surface area (Å²) in [6.07, 6.45) is 1.64. The smallest absolute Gasteiger partial charge is 0.400 e. The van der Waals surface area contributed by atoms with E-state index in [0.29, 0.717) is 11.0 Å². The molecule has 0 spiro atoms. The number of nitrogen functional groups attached to an aromatic ring is 1. The highest BCUT2D eigenvalue weighted by Gasteiger charge is 2.52. The summed E-state index contributed by atoms with van der Waals surface area (Å²) >= 11 is 5.93. The number of nitrogens with two attached hydrogens (primary N) is 1. The van der Waals surface area contributed by atoms with E-state index in [2.05, 4.69) is 5.32 Å². The van der Waals surface area contributed by atoms with Gasteiger partial charge in [-0.2, -0.15) is 0 Å². The predicted molar refractivity (Wildman–Crippen MR) is 98.6 cm³/mol. The predicted octanol–water partition coefficient (Wildman–Crippen LogP) is 3.21. The number of rotatable bonds is 4. The average Bonchev–Trinajstić information content (AvgIpc) is 2.68. The van der Waals surface area contributed by atoms with Crippen molar-refractivity contribution in [2.24, 2.45) is 0 Å². The van der Waals surface area contributed by atoms with Crippen molar-refractivity contribution in [3.63, 3.8) is 0 Å². The number of halogens is 2. The highest BCUT2D eigenvalue weighted by Crippen LogP contribution is 2.39. The largest absolute Gasteiger partial charge is 0.492 e. The van der Waals surface area contributed by atoms with Gasteiger partial charge in [0.15, 0.2) is 0 Å². The van der Waals surface area contributed by atoms with Gasteiger partial charge in [0, 0.05) is 24.1 Å². The van der Waals surface area contributed by atoms with Gasteiger partial charge in [-0.1, -0.05) is 17.7 Å².